The number of hydrogen-bond acceptors (Lipinski definition) is 4. The maximum absolute atomic E-state index is 13.6. The number of fused-ring (bicyclic) bond motifs is 1. The molecule has 1 saturated heterocycles. The molecule has 1 aromatic carbocycles. The Hall–Kier alpha value is -2.03. The number of aromatic nitrogens is 2. The van der Waals surface area contributed by atoms with E-state index in [2.05, 4.69) is 15.7 Å². The Labute approximate surface area is 161 Å². The first-order valence-electron chi connectivity index (χ1n) is 8.77. The zero-order chi connectivity index (χ0) is 18.3. The van der Waals surface area contributed by atoms with Gasteiger partial charge >= 0.3 is 0 Å². The van der Waals surface area contributed by atoms with E-state index in [9.17, 15) is 18.7 Å². The molecule has 1 aliphatic carbocycles. The van der Waals surface area contributed by atoms with Crippen molar-refractivity contribution in [2.75, 3.05) is 19.6 Å². The molecule has 2 aromatic rings. The van der Waals surface area contributed by atoms with Crippen molar-refractivity contribution in [3.8, 4) is 5.69 Å². The monoisotopic (exact) mass is 398 g/mol. The summed E-state index contributed by atoms with van der Waals surface area (Å²) in [5, 5.41) is 20.1. The van der Waals surface area contributed by atoms with Crippen LogP contribution in [0.1, 0.15) is 28.2 Å². The third-order valence-electron chi connectivity index (χ3n) is 5.12. The van der Waals surface area contributed by atoms with Gasteiger partial charge in [0.15, 0.2) is 17.3 Å². The Morgan fingerprint density at radius 3 is 2.81 bits per heavy atom. The molecule has 0 spiro atoms. The van der Waals surface area contributed by atoms with Crippen molar-refractivity contribution in [3.63, 3.8) is 0 Å². The van der Waals surface area contributed by atoms with Crippen LogP contribution in [0.25, 0.3) is 5.69 Å². The van der Waals surface area contributed by atoms with E-state index in [4.69, 9.17) is 0 Å². The third-order valence-corrected chi connectivity index (χ3v) is 5.12. The van der Waals surface area contributed by atoms with Gasteiger partial charge in [-0.15, -0.1) is 12.4 Å². The molecule has 27 heavy (non-hydrogen) atoms. The number of rotatable bonds is 4. The average Bonchev–Trinajstić information content (AvgIpc) is 3.32. The van der Waals surface area contributed by atoms with E-state index < -0.39 is 17.7 Å². The Bertz CT molecular complexity index is 858. The molecule has 1 fully saturated rings. The molecular formula is C18H21ClF2N4O2. The minimum absolute atomic E-state index is 0. The number of nitrogens with one attached hydrogen (secondary N) is 2. The standard InChI is InChI=1S/C18H20F2N4O2.ClH/c19-13-5-4-11(6-14(13)20)24-15-3-1-2-12(15)17(23-24)18(26)22-8-10-7-21-9-16(10)25;/h4-6,10,16,21,25H,1-3,7-9H2,(H,22,26);1H. The van der Waals surface area contributed by atoms with E-state index in [1.54, 1.807) is 0 Å². The van der Waals surface area contributed by atoms with Crippen LogP contribution in [-0.4, -0.2) is 46.5 Å². The lowest BCUT2D eigenvalue weighted by Crippen LogP contribution is -2.35. The molecule has 0 bridgehead atoms. The third kappa shape index (κ3) is 3.69. The molecule has 2 atom stereocenters. The zero-order valence-electron chi connectivity index (χ0n) is 14.5. The molecule has 146 valence electrons. The lowest BCUT2D eigenvalue weighted by Gasteiger charge is -2.13. The second-order valence-electron chi connectivity index (χ2n) is 6.83. The van der Waals surface area contributed by atoms with Crippen LogP contribution in [0.15, 0.2) is 18.2 Å². The summed E-state index contributed by atoms with van der Waals surface area (Å²) in [6.45, 7) is 1.54. The predicted molar refractivity (Wildman–Crippen MR) is 97.5 cm³/mol. The summed E-state index contributed by atoms with van der Waals surface area (Å²) >= 11 is 0. The van der Waals surface area contributed by atoms with Crippen molar-refractivity contribution < 1.29 is 18.7 Å². The van der Waals surface area contributed by atoms with Gasteiger partial charge in [0, 0.05) is 42.9 Å². The van der Waals surface area contributed by atoms with E-state index in [0.29, 0.717) is 31.0 Å². The summed E-state index contributed by atoms with van der Waals surface area (Å²) in [4.78, 5) is 12.6. The summed E-state index contributed by atoms with van der Waals surface area (Å²) < 4.78 is 28.3. The van der Waals surface area contributed by atoms with Crippen molar-refractivity contribution in [2.45, 2.75) is 25.4 Å². The van der Waals surface area contributed by atoms with Crippen LogP contribution in [0, 0.1) is 17.6 Å². The molecule has 6 nitrogen and oxygen atoms in total. The number of carbonyl (C=O) groups excluding carboxylic acids is 1. The molecule has 0 radical (unpaired) electrons. The molecule has 3 N–H and O–H groups in total. The minimum atomic E-state index is -0.946. The number of aliphatic hydroxyl groups is 1. The molecule has 1 amide bonds. The summed E-state index contributed by atoms with van der Waals surface area (Å²) in [5.41, 5.74) is 2.44. The minimum Gasteiger partial charge on any atom is -0.391 e. The fourth-order valence-electron chi connectivity index (χ4n) is 3.69. The van der Waals surface area contributed by atoms with Crippen molar-refractivity contribution in [2.24, 2.45) is 5.92 Å². The van der Waals surface area contributed by atoms with Gasteiger partial charge in [-0.05, 0) is 31.4 Å². The molecule has 2 unspecified atom stereocenters. The van der Waals surface area contributed by atoms with Crippen LogP contribution < -0.4 is 10.6 Å². The number of benzene rings is 1. The number of amides is 1. The summed E-state index contributed by atoms with van der Waals surface area (Å²) in [6, 6.07) is 3.59. The van der Waals surface area contributed by atoms with Crippen molar-refractivity contribution in [3.05, 3.63) is 46.8 Å². The van der Waals surface area contributed by atoms with Crippen molar-refractivity contribution >= 4 is 18.3 Å². The number of β-amino-alcohol motifs (C(OH)–C–C–N with tert-alkyl or cyclic N) is 1. The quantitative estimate of drug-likeness (QED) is 0.727. The first-order valence-corrected chi connectivity index (χ1v) is 8.77. The van der Waals surface area contributed by atoms with Gasteiger partial charge in [0.25, 0.3) is 5.91 Å². The predicted octanol–water partition coefficient (Wildman–Crippen LogP) is 1.37. The largest absolute Gasteiger partial charge is 0.391 e. The fraction of sp³-hybridized carbons (Fsp3) is 0.444. The van der Waals surface area contributed by atoms with Gasteiger partial charge in [-0.1, -0.05) is 0 Å². The second-order valence-corrected chi connectivity index (χ2v) is 6.83. The Morgan fingerprint density at radius 2 is 2.11 bits per heavy atom. The zero-order valence-corrected chi connectivity index (χ0v) is 15.4. The van der Waals surface area contributed by atoms with Crippen LogP contribution in [-0.2, 0) is 12.8 Å². The highest BCUT2D eigenvalue weighted by Gasteiger charge is 2.29. The Balaban J connectivity index is 0.00000210. The van der Waals surface area contributed by atoms with Gasteiger partial charge in [0.1, 0.15) is 0 Å². The van der Waals surface area contributed by atoms with E-state index >= 15 is 0 Å². The van der Waals surface area contributed by atoms with Crippen LogP contribution in [0.4, 0.5) is 8.78 Å². The number of halogens is 3. The maximum atomic E-state index is 13.6. The van der Waals surface area contributed by atoms with Crippen molar-refractivity contribution in [1.82, 2.24) is 20.4 Å². The van der Waals surface area contributed by atoms with E-state index in [0.717, 1.165) is 42.7 Å². The van der Waals surface area contributed by atoms with Gasteiger partial charge < -0.3 is 15.7 Å². The van der Waals surface area contributed by atoms with E-state index in [1.165, 1.54) is 10.7 Å². The van der Waals surface area contributed by atoms with Gasteiger partial charge in [-0.25, -0.2) is 13.5 Å². The summed E-state index contributed by atoms with van der Waals surface area (Å²) in [6.07, 6.45) is 1.89. The molecule has 9 heteroatoms. The SMILES string of the molecule is Cl.O=C(NCC1CNCC1O)c1nn(-c2ccc(F)c(F)c2)c2c1CCC2. The topological polar surface area (TPSA) is 79.2 Å². The lowest BCUT2D eigenvalue weighted by molar-refractivity contribution is 0.0921. The average molecular weight is 399 g/mol. The van der Waals surface area contributed by atoms with Crippen LogP contribution in [0.3, 0.4) is 0 Å². The summed E-state index contributed by atoms with van der Waals surface area (Å²) in [7, 11) is 0. The molecule has 1 aromatic heterocycles. The smallest absolute Gasteiger partial charge is 0.272 e. The molecule has 0 saturated carbocycles. The summed E-state index contributed by atoms with van der Waals surface area (Å²) in [5.74, 6) is -2.19. The molecule has 2 heterocycles. The first kappa shape index (κ1) is 19.7. The van der Waals surface area contributed by atoms with E-state index in [1.807, 2.05) is 0 Å². The Kier molecular flexibility index (Phi) is 5.78. The van der Waals surface area contributed by atoms with Crippen LogP contribution in [0.5, 0.6) is 0 Å². The highest BCUT2D eigenvalue weighted by Crippen LogP contribution is 2.28. The van der Waals surface area contributed by atoms with Crippen LogP contribution in [0.2, 0.25) is 0 Å². The number of aliphatic hydroxyl groups excluding tert-OH is 1. The van der Waals surface area contributed by atoms with Gasteiger partial charge in [0.2, 0.25) is 0 Å². The number of carbonyl (C=O) groups is 1. The van der Waals surface area contributed by atoms with Gasteiger partial charge in [-0.3, -0.25) is 4.79 Å². The number of hydrogen-bond donors (Lipinski definition) is 3. The molecular weight excluding hydrogens is 378 g/mol. The highest BCUT2D eigenvalue weighted by molar-refractivity contribution is 5.94. The van der Waals surface area contributed by atoms with E-state index in [-0.39, 0.29) is 24.2 Å². The fourth-order valence-corrected chi connectivity index (χ4v) is 3.69. The highest BCUT2D eigenvalue weighted by atomic mass is 35.5. The van der Waals surface area contributed by atoms with Crippen molar-refractivity contribution in [1.29, 1.82) is 0 Å². The maximum Gasteiger partial charge on any atom is 0.272 e. The number of nitrogens with zero attached hydrogens (tertiary/aromatic N) is 2. The first-order chi connectivity index (χ1) is 12.5. The van der Waals surface area contributed by atoms with Gasteiger partial charge in [-0.2, -0.15) is 5.10 Å². The lowest BCUT2D eigenvalue weighted by atomic mass is 10.1. The second kappa shape index (κ2) is 7.92. The molecule has 1 aliphatic heterocycles. The Morgan fingerprint density at radius 1 is 1.30 bits per heavy atom. The van der Waals surface area contributed by atoms with Gasteiger partial charge in [0.05, 0.1) is 11.8 Å². The van der Waals surface area contributed by atoms with Crippen LogP contribution >= 0.6 is 12.4 Å². The molecule has 2 aliphatic rings. The molecule has 4 rings (SSSR count). The normalized spacial score (nSPS) is 21.0.